The second kappa shape index (κ2) is 7.24. The second-order valence-corrected chi connectivity index (χ2v) is 5.78. The Balaban J connectivity index is 3.76. The highest BCUT2D eigenvalue weighted by molar-refractivity contribution is 4.73. The zero-order valence-electron chi connectivity index (χ0n) is 11.3. The summed E-state index contributed by atoms with van der Waals surface area (Å²) in [6.45, 7) is 14.3. The van der Waals surface area contributed by atoms with Gasteiger partial charge in [0, 0.05) is 6.54 Å². The van der Waals surface area contributed by atoms with Gasteiger partial charge in [-0.05, 0) is 36.8 Å². The van der Waals surface area contributed by atoms with E-state index in [1.807, 2.05) is 0 Å². The Morgan fingerprint density at radius 1 is 1.27 bits per heavy atom. The molecule has 2 heteroatoms. The zero-order valence-corrected chi connectivity index (χ0v) is 11.3. The predicted molar refractivity (Wildman–Crippen MR) is 68.9 cm³/mol. The number of nitrogens with two attached hydrogens (primary N) is 1. The van der Waals surface area contributed by atoms with Crippen molar-refractivity contribution in [1.82, 2.24) is 5.32 Å². The van der Waals surface area contributed by atoms with E-state index in [0.717, 1.165) is 19.6 Å². The molecule has 15 heavy (non-hydrogen) atoms. The zero-order chi connectivity index (χ0) is 11.9. The van der Waals surface area contributed by atoms with Gasteiger partial charge in [-0.1, -0.05) is 41.0 Å². The number of hydrogen-bond acceptors (Lipinski definition) is 2. The summed E-state index contributed by atoms with van der Waals surface area (Å²) in [5.41, 5.74) is 6.16. The van der Waals surface area contributed by atoms with E-state index >= 15 is 0 Å². The molecule has 0 saturated heterocycles. The van der Waals surface area contributed by atoms with Crippen molar-refractivity contribution in [3.05, 3.63) is 0 Å². The van der Waals surface area contributed by atoms with Gasteiger partial charge >= 0.3 is 0 Å². The lowest BCUT2D eigenvalue weighted by atomic mass is 9.87. The minimum atomic E-state index is 0.422. The number of nitrogens with one attached hydrogen (secondary N) is 1. The number of hydrogen-bond donors (Lipinski definition) is 2. The fourth-order valence-electron chi connectivity index (χ4n) is 1.95. The first kappa shape index (κ1) is 14.9. The molecule has 0 rings (SSSR count). The van der Waals surface area contributed by atoms with Crippen molar-refractivity contribution in [3.8, 4) is 0 Å². The first-order valence-electron chi connectivity index (χ1n) is 6.33. The molecule has 0 aromatic heterocycles. The summed E-state index contributed by atoms with van der Waals surface area (Å²) in [6.07, 6.45) is 2.55. The van der Waals surface area contributed by atoms with Crippen LogP contribution in [0.5, 0.6) is 0 Å². The third kappa shape index (κ3) is 6.91. The summed E-state index contributed by atoms with van der Waals surface area (Å²) >= 11 is 0. The minimum Gasteiger partial charge on any atom is -0.330 e. The maximum Gasteiger partial charge on any atom is 0.000264 e. The molecular formula is C13H30N2. The van der Waals surface area contributed by atoms with Crippen LogP contribution in [0.3, 0.4) is 0 Å². The molecule has 0 aliphatic carbocycles. The van der Waals surface area contributed by atoms with Crippen molar-refractivity contribution >= 4 is 0 Å². The first-order chi connectivity index (χ1) is 6.93. The van der Waals surface area contributed by atoms with Crippen LogP contribution < -0.4 is 11.1 Å². The lowest BCUT2D eigenvalue weighted by molar-refractivity contribution is 0.286. The van der Waals surface area contributed by atoms with Crippen LogP contribution in [-0.4, -0.2) is 19.6 Å². The SMILES string of the molecule is CCCC(C)(C)CNCC(CN)C(C)C. The second-order valence-electron chi connectivity index (χ2n) is 5.78. The van der Waals surface area contributed by atoms with E-state index < -0.39 is 0 Å². The summed E-state index contributed by atoms with van der Waals surface area (Å²) in [5, 5.41) is 3.56. The molecule has 0 amide bonds. The molecule has 1 unspecified atom stereocenters. The lowest BCUT2D eigenvalue weighted by Gasteiger charge is -2.27. The van der Waals surface area contributed by atoms with Crippen LogP contribution in [0.25, 0.3) is 0 Å². The smallest absolute Gasteiger partial charge is 0.000264 e. The van der Waals surface area contributed by atoms with Crippen molar-refractivity contribution in [1.29, 1.82) is 0 Å². The highest BCUT2D eigenvalue weighted by Gasteiger charge is 2.17. The van der Waals surface area contributed by atoms with E-state index in [-0.39, 0.29) is 0 Å². The van der Waals surface area contributed by atoms with Crippen LogP contribution in [0.1, 0.15) is 47.5 Å². The van der Waals surface area contributed by atoms with E-state index in [0.29, 0.717) is 17.3 Å². The molecule has 0 aromatic carbocycles. The van der Waals surface area contributed by atoms with Crippen molar-refractivity contribution < 1.29 is 0 Å². The van der Waals surface area contributed by atoms with E-state index in [2.05, 4.69) is 39.9 Å². The van der Waals surface area contributed by atoms with E-state index in [1.54, 1.807) is 0 Å². The summed E-state index contributed by atoms with van der Waals surface area (Å²) in [7, 11) is 0. The van der Waals surface area contributed by atoms with Crippen molar-refractivity contribution in [2.75, 3.05) is 19.6 Å². The fourth-order valence-corrected chi connectivity index (χ4v) is 1.95. The van der Waals surface area contributed by atoms with Crippen LogP contribution in [-0.2, 0) is 0 Å². The quantitative estimate of drug-likeness (QED) is 0.652. The molecule has 2 nitrogen and oxygen atoms in total. The molecule has 0 aliphatic heterocycles. The molecule has 3 N–H and O–H groups in total. The van der Waals surface area contributed by atoms with Gasteiger partial charge in [0.25, 0.3) is 0 Å². The van der Waals surface area contributed by atoms with Gasteiger partial charge in [0.1, 0.15) is 0 Å². The molecule has 0 spiro atoms. The monoisotopic (exact) mass is 214 g/mol. The molecule has 0 aliphatic rings. The average molecular weight is 214 g/mol. The van der Waals surface area contributed by atoms with Gasteiger partial charge in [-0.3, -0.25) is 0 Å². The molecule has 0 aromatic rings. The molecule has 1 atom stereocenters. The largest absolute Gasteiger partial charge is 0.330 e. The summed E-state index contributed by atoms with van der Waals surface area (Å²) in [6, 6.07) is 0. The van der Waals surface area contributed by atoms with Crippen LogP contribution >= 0.6 is 0 Å². The normalized spacial score (nSPS) is 14.6. The van der Waals surface area contributed by atoms with Gasteiger partial charge in [0.2, 0.25) is 0 Å². The van der Waals surface area contributed by atoms with Gasteiger partial charge in [-0.25, -0.2) is 0 Å². The van der Waals surface area contributed by atoms with Crippen molar-refractivity contribution in [2.45, 2.75) is 47.5 Å². The van der Waals surface area contributed by atoms with Gasteiger partial charge in [-0.15, -0.1) is 0 Å². The van der Waals surface area contributed by atoms with Crippen LogP contribution in [0.4, 0.5) is 0 Å². The van der Waals surface area contributed by atoms with Crippen LogP contribution in [0.2, 0.25) is 0 Å². The molecule has 0 radical (unpaired) electrons. The minimum absolute atomic E-state index is 0.422. The third-order valence-electron chi connectivity index (χ3n) is 3.18. The first-order valence-corrected chi connectivity index (χ1v) is 6.33. The highest BCUT2D eigenvalue weighted by Crippen LogP contribution is 2.20. The lowest BCUT2D eigenvalue weighted by Crippen LogP contribution is -2.36. The van der Waals surface area contributed by atoms with Crippen LogP contribution in [0, 0.1) is 17.3 Å². The Morgan fingerprint density at radius 3 is 2.27 bits per heavy atom. The Kier molecular flexibility index (Phi) is 7.20. The Hall–Kier alpha value is -0.0800. The van der Waals surface area contributed by atoms with Crippen molar-refractivity contribution in [2.24, 2.45) is 23.0 Å². The van der Waals surface area contributed by atoms with Gasteiger partial charge in [-0.2, -0.15) is 0 Å². The summed E-state index contributed by atoms with van der Waals surface area (Å²) in [5.74, 6) is 1.29. The Labute approximate surface area is 96.0 Å². The van der Waals surface area contributed by atoms with Crippen LogP contribution in [0.15, 0.2) is 0 Å². The standard InChI is InChI=1S/C13H30N2/c1-6-7-13(4,5)10-15-9-12(8-14)11(2)3/h11-12,15H,6-10,14H2,1-5H3. The highest BCUT2D eigenvalue weighted by atomic mass is 14.9. The molecule has 0 fully saturated rings. The maximum absolute atomic E-state index is 5.74. The molecule has 0 bridgehead atoms. The molecule has 0 saturated carbocycles. The summed E-state index contributed by atoms with van der Waals surface area (Å²) in [4.78, 5) is 0. The predicted octanol–water partition coefficient (Wildman–Crippen LogP) is 2.63. The van der Waals surface area contributed by atoms with Crippen molar-refractivity contribution in [3.63, 3.8) is 0 Å². The Bertz CT molecular complexity index is 153. The molecular weight excluding hydrogens is 184 g/mol. The molecule has 0 heterocycles. The third-order valence-corrected chi connectivity index (χ3v) is 3.18. The average Bonchev–Trinajstić information content (AvgIpc) is 2.11. The topological polar surface area (TPSA) is 38.0 Å². The fraction of sp³-hybridized carbons (Fsp3) is 1.00. The van der Waals surface area contributed by atoms with E-state index in [1.165, 1.54) is 12.8 Å². The summed E-state index contributed by atoms with van der Waals surface area (Å²) < 4.78 is 0. The van der Waals surface area contributed by atoms with Gasteiger partial charge < -0.3 is 11.1 Å². The number of rotatable bonds is 8. The van der Waals surface area contributed by atoms with E-state index in [4.69, 9.17) is 5.73 Å². The maximum atomic E-state index is 5.74. The van der Waals surface area contributed by atoms with Gasteiger partial charge in [0.15, 0.2) is 0 Å². The van der Waals surface area contributed by atoms with E-state index in [9.17, 15) is 0 Å². The molecule has 92 valence electrons. The Morgan fingerprint density at radius 2 is 1.87 bits per heavy atom. The van der Waals surface area contributed by atoms with Gasteiger partial charge in [0.05, 0.1) is 0 Å².